The van der Waals surface area contributed by atoms with Gasteiger partial charge in [0.1, 0.15) is 17.4 Å². The smallest absolute Gasteiger partial charge is 0.130 e. The normalized spacial score (nSPS) is 14.0. The van der Waals surface area contributed by atoms with Crippen molar-refractivity contribution in [2.24, 2.45) is 0 Å². The van der Waals surface area contributed by atoms with E-state index in [4.69, 9.17) is 4.74 Å². The minimum absolute atomic E-state index is 0.432. The van der Waals surface area contributed by atoms with Crippen LogP contribution in [-0.2, 0) is 0 Å². The maximum absolute atomic E-state index is 5.77. The zero-order valence-electron chi connectivity index (χ0n) is 12.6. The first kappa shape index (κ1) is 13.9. The van der Waals surface area contributed by atoms with Crippen LogP contribution >= 0.6 is 0 Å². The molecule has 1 aromatic heterocycles. The van der Waals surface area contributed by atoms with Crippen molar-refractivity contribution in [2.75, 3.05) is 11.9 Å². The standard InChI is InChI=1S/C17H21N3O/c1-3-10-18-17-11-16(19-12(2)20-17)13-4-6-14(7-5-13)21-15-8-9-15/h4-7,11,15H,3,8-10H2,1-2H3,(H,18,19,20). The van der Waals surface area contributed by atoms with Crippen LogP contribution in [0.1, 0.15) is 32.0 Å². The predicted octanol–water partition coefficient (Wildman–Crippen LogP) is 3.82. The average molecular weight is 283 g/mol. The van der Waals surface area contributed by atoms with Gasteiger partial charge in [0, 0.05) is 18.2 Å². The zero-order valence-corrected chi connectivity index (χ0v) is 12.6. The lowest BCUT2D eigenvalue weighted by Crippen LogP contribution is -2.04. The van der Waals surface area contributed by atoms with Gasteiger partial charge in [0.2, 0.25) is 0 Å². The van der Waals surface area contributed by atoms with E-state index in [0.717, 1.165) is 41.6 Å². The first-order valence-corrected chi connectivity index (χ1v) is 7.61. The number of anilines is 1. The molecule has 0 atom stereocenters. The Bertz CT molecular complexity index is 606. The Morgan fingerprint density at radius 2 is 1.95 bits per heavy atom. The molecule has 0 aliphatic heterocycles. The topological polar surface area (TPSA) is 47.0 Å². The number of aryl methyl sites for hydroxylation is 1. The Balaban J connectivity index is 1.79. The fraction of sp³-hybridized carbons (Fsp3) is 0.412. The third-order valence-electron chi connectivity index (χ3n) is 3.37. The molecule has 1 fully saturated rings. The summed E-state index contributed by atoms with van der Waals surface area (Å²) in [6, 6.07) is 10.2. The van der Waals surface area contributed by atoms with Crippen molar-refractivity contribution in [3.8, 4) is 17.0 Å². The summed E-state index contributed by atoms with van der Waals surface area (Å²) in [6.07, 6.45) is 3.87. The van der Waals surface area contributed by atoms with Crippen molar-refractivity contribution in [3.05, 3.63) is 36.2 Å². The molecule has 1 heterocycles. The van der Waals surface area contributed by atoms with Crippen LogP contribution in [0.3, 0.4) is 0 Å². The molecule has 3 rings (SSSR count). The van der Waals surface area contributed by atoms with Gasteiger partial charge >= 0.3 is 0 Å². The van der Waals surface area contributed by atoms with Crippen LogP contribution in [0.2, 0.25) is 0 Å². The van der Waals surface area contributed by atoms with Crippen LogP contribution in [-0.4, -0.2) is 22.6 Å². The monoisotopic (exact) mass is 283 g/mol. The van der Waals surface area contributed by atoms with Crippen LogP contribution in [0.25, 0.3) is 11.3 Å². The maximum Gasteiger partial charge on any atom is 0.130 e. The lowest BCUT2D eigenvalue weighted by atomic mass is 10.1. The molecule has 0 amide bonds. The summed E-state index contributed by atoms with van der Waals surface area (Å²) in [5.74, 6) is 2.61. The minimum Gasteiger partial charge on any atom is -0.490 e. The summed E-state index contributed by atoms with van der Waals surface area (Å²) in [6.45, 7) is 4.98. The third-order valence-corrected chi connectivity index (χ3v) is 3.37. The fourth-order valence-corrected chi connectivity index (χ4v) is 2.14. The van der Waals surface area contributed by atoms with E-state index in [0.29, 0.717) is 6.10 Å². The quantitative estimate of drug-likeness (QED) is 0.875. The molecule has 110 valence electrons. The van der Waals surface area contributed by atoms with Crippen LogP contribution in [0.4, 0.5) is 5.82 Å². The summed E-state index contributed by atoms with van der Waals surface area (Å²) in [5, 5.41) is 3.32. The van der Waals surface area contributed by atoms with E-state index < -0.39 is 0 Å². The highest BCUT2D eigenvalue weighted by molar-refractivity contribution is 5.63. The van der Waals surface area contributed by atoms with E-state index in [1.165, 1.54) is 12.8 Å². The summed E-state index contributed by atoms with van der Waals surface area (Å²) in [4.78, 5) is 8.94. The van der Waals surface area contributed by atoms with Gasteiger partial charge in [0.25, 0.3) is 0 Å². The Hall–Kier alpha value is -2.10. The average Bonchev–Trinajstić information content (AvgIpc) is 3.29. The van der Waals surface area contributed by atoms with Crippen molar-refractivity contribution in [1.82, 2.24) is 9.97 Å². The SMILES string of the molecule is CCCNc1cc(-c2ccc(OC3CC3)cc2)nc(C)n1. The third kappa shape index (κ3) is 3.72. The second kappa shape index (κ2) is 6.12. The van der Waals surface area contributed by atoms with Crippen LogP contribution in [0.15, 0.2) is 30.3 Å². The van der Waals surface area contributed by atoms with E-state index in [2.05, 4.69) is 34.3 Å². The maximum atomic E-state index is 5.77. The lowest BCUT2D eigenvalue weighted by molar-refractivity contribution is 0.303. The van der Waals surface area contributed by atoms with Crippen LogP contribution in [0, 0.1) is 6.92 Å². The summed E-state index contributed by atoms with van der Waals surface area (Å²) < 4.78 is 5.77. The molecule has 1 aromatic carbocycles. The lowest BCUT2D eigenvalue weighted by Gasteiger charge is -2.09. The number of hydrogen-bond acceptors (Lipinski definition) is 4. The number of hydrogen-bond donors (Lipinski definition) is 1. The highest BCUT2D eigenvalue weighted by Crippen LogP contribution is 2.28. The van der Waals surface area contributed by atoms with Crippen molar-refractivity contribution in [1.29, 1.82) is 0 Å². The van der Waals surface area contributed by atoms with Gasteiger partial charge in [-0.2, -0.15) is 0 Å². The van der Waals surface area contributed by atoms with Gasteiger partial charge in [-0.15, -0.1) is 0 Å². The molecular formula is C17H21N3O. The molecule has 2 aromatic rings. The number of nitrogens with one attached hydrogen (secondary N) is 1. The molecule has 4 nitrogen and oxygen atoms in total. The van der Waals surface area contributed by atoms with Gasteiger partial charge in [-0.3, -0.25) is 0 Å². The molecule has 0 radical (unpaired) electrons. The van der Waals surface area contributed by atoms with Gasteiger partial charge in [-0.05, 0) is 50.5 Å². The molecule has 1 aliphatic carbocycles. The number of rotatable bonds is 6. The van der Waals surface area contributed by atoms with Crippen LogP contribution in [0.5, 0.6) is 5.75 Å². The van der Waals surface area contributed by atoms with Gasteiger partial charge in [-0.25, -0.2) is 9.97 Å². The van der Waals surface area contributed by atoms with E-state index in [9.17, 15) is 0 Å². The van der Waals surface area contributed by atoms with Crippen molar-refractivity contribution >= 4 is 5.82 Å². The molecule has 1 aliphatic rings. The molecule has 0 unspecified atom stereocenters. The van der Waals surface area contributed by atoms with Crippen molar-refractivity contribution in [3.63, 3.8) is 0 Å². The van der Waals surface area contributed by atoms with Gasteiger partial charge in [-0.1, -0.05) is 6.92 Å². The second-order valence-electron chi connectivity index (χ2n) is 5.45. The van der Waals surface area contributed by atoms with Gasteiger partial charge in [0.05, 0.1) is 11.8 Å². The molecule has 4 heteroatoms. The van der Waals surface area contributed by atoms with Gasteiger partial charge in [0.15, 0.2) is 0 Å². The summed E-state index contributed by atoms with van der Waals surface area (Å²) in [5.41, 5.74) is 2.03. The van der Waals surface area contributed by atoms with E-state index in [1.807, 2.05) is 25.1 Å². The highest BCUT2D eigenvalue weighted by atomic mass is 16.5. The zero-order chi connectivity index (χ0) is 14.7. The van der Waals surface area contributed by atoms with Crippen molar-refractivity contribution < 1.29 is 4.74 Å². The van der Waals surface area contributed by atoms with E-state index >= 15 is 0 Å². The highest BCUT2D eigenvalue weighted by Gasteiger charge is 2.23. The Morgan fingerprint density at radius 1 is 1.19 bits per heavy atom. The summed E-state index contributed by atoms with van der Waals surface area (Å²) in [7, 11) is 0. The van der Waals surface area contributed by atoms with E-state index in [1.54, 1.807) is 0 Å². The van der Waals surface area contributed by atoms with E-state index in [-0.39, 0.29) is 0 Å². The number of aromatic nitrogens is 2. The Labute approximate surface area is 125 Å². The van der Waals surface area contributed by atoms with Gasteiger partial charge < -0.3 is 10.1 Å². The Morgan fingerprint density at radius 3 is 2.62 bits per heavy atom. The fourth-order valence-electron chi connectivity index (χ4n) is 2.14. The predicted molar refractivity (Wildman–Crippen MR) is 84.6 cm³/mol. The number of ether oxygens (including phenoxy) is 1. The molecule has 0 saturated heterocycles. The summed E-state index contributed by atoms with van der Waals surface area (Å²) >= 11 is 0. The molecule has 0 bridgehead atoms. The molecular weight excluding hydrogens is 262 g/mol. The second-order valence-corrected chi connectivity index (χ2v) is 5.45. The van der Waals surface area contributed by atoms with Crippen molar-refractivity contribution in [2.45, 2.75) is 39.2 Å². The minimum atomic E-state index is 0.432. The largest absolute Gasteiger partial charge is 0.490 e. The molecule has 21 heavy (non-hydrogen) atoms. The first-order chi connectivity index (χ1) is 10.2. The molecule has 0 spiro atoms. The first-order valence-electron chi connectivity index (χ1n) is 7.61. The number of benzene rings is 1. The molecule has 1 N–H and O–H groups in total. The number of nitrogens with zero attached hydrogens (tertiary/aromatic N) is 2. The Kier molecular flexibility index (Phi) is 4.04. The van der Waals surface area contributed by atoms with Crippen LogP contribution < -0.4 is 10.1 Å². The molecule has 1 saturated carbocycles.